The van der Waals surface area contributed by atoms with Crippen LogP contribution in [0.5, 0.6) is 0 Å². The largest absolute Gasteiger partial charge is 0.405 e. The molecule has 1 aromatic rings. The van der Waals surface area contributed by atoms with Crippen LogP contribution in [0.25, 0.3) is 0 Å². The summed E-state index contributed by atoms with van der Waals surface area (Å²) < 4.78 is 0. The fourth-order valence-electron chi connectivity index (χ4n) is 2.30. The van der Waals surface area contributed by atoms with Crippen molar-refractivity contribution in [2.24, 2.45) is 5.73 Å². The van der Waals surface area contributed by atoms with E-state index in [1.165, 1.54) is 43.1 Å². The molecule has 0 bridgehead atoms. The number of hydrogen-bond acceptors (Lipinski definition) is 2. The van der Waals surface area contributed by atoms with Crippen LogP contribution in [0.1, 0.15) is 65.9 Å². The highest BCUT2D eigenvalue weighted by atomic mass is 14.9. The summed E-state index contributed by atoms with van der Waals surface area (Å²) in [5, 5.41) is 3.68. The van der Waals surface area contributed by atoms with Gasteiger partial charge in [0.1, 0.15) is 0 Å². The lowest BCUT2D eigenvalue weighted by Crippen LogP contribution is -2.20. The lowest BCUT2D eigenvalue weighted by Gasteiger charge is -2.25. The Morgan fingerprint density at radius 2 is 1.81 bits per heavy atom. The molecular formula is C19H34N2. The number of benzene rings is 1. The quantitative estimate of drug-likeness (QED) is 0.683. The molecule has 0 aliphatic carbocycles. The van der Waals surface area contributed by atoms with Crippen LogP contribution in [0.3, 0.4) is 0 Å². The number of nitrogens with two attached hydrogens (primary N) is 1. The van der Waals surface area contributed by atoms with Crippen LogP contribution in [-0.4, -0.2) is 6.04 Å². The summed E-state index contributed by atoms with van der Waals surface area (Å²) in [6.07, 6.45) is 6.47. The molecule has 1 rings (SSSR count). The van der Waals surface area contributed by atoms with Crippen molar-refractivity contribution >= 4 is 5.69 Å². The topological polar surface area (TPSA) is 38.0 Å². The minimum Gasteiger partial charge on any atom is -0.405 e. The first-order valence-corrected chi connectivity index (χ1v) is 8.05. The summed E-state index contributed by atoms with van der Waals surface area (Å²) in [6.45, 7) is 14.5. The molecule has 0 aliphatic heterocycles. The number of rotatable bonds is 6. The fourth-order valence-corrected chi connectivity index (χ4v) is 2.30. The Hall–Kier alpha value is -1.44. The normalized spacial score (nSPS) is 12.0. The Kier molecular flexibility index (Phi) is 9.60. The molecule has 0 saturated carbocycles. The van der Waals surface area contributed by atoms with Gasteiger partial charge in [-0.3, -0.25) is 0 Å². The Labute approximate surface area is 131 Å². The van der Waals surface area contributed by atoms with Gasteiger partial charge in [0.25, 0.3) is 0 Å². The van der Waals surface area contributed by atoms with Crippen molar-refractivity contribution in [2.45, 2.75) is 71.8 Å². The van der Waals surface area contributed by atoms with E-state index in [-0.39, 0.29) is 5.41 Å². The summed E-state index contributed by atoms with van der Waals surface area (Å²) in [5.74, 6) is 0. The summed E-state index contributed by atoms with van der Waals surface area (Å²) in [6, 6.07) is 9.25. The van der Waals surface area contributed by atoms with Crippen LogP contribution < -0.4 is 11.1 Å². The molecule has 3 N–H and O–H groups in total. The van der Waals surface area contributed by atoms with Gasteiger partial charge in [0.2, 0.25) is 0 Å². The molecule has 0 heterocycles. The van der Waals surface area contributed by atoms with E-state index in [4.69, 9.17) is 0 Å². The highest BCUT2D eigenvalue weighted by Crippen LogP contribution is 2.29. The highest BCUT2D eigenvalue weighted by Gasteiger charge is 2.17. The maximum atomic E-state index is 4.61. The Morgan fingerprint density at radius 3 is 2.33 bits per heavy atom. The van der Waals surface area contributed by atoms with E-state index in [9.17, 15) is 0 Å². The first kappa shape index (κ1) is 19.6. The van der Waals surface area contributed by atoms with E-state index < -0.39 is 0 Å². The van der Waals surface area contributed by atoms with E-state index in [0.29, 0.717) is 6.04 Å². The van der Waals surface area contributed by atoms with Gasteiger partial charge < -0.3 is 11.1 Å². The summed E-state index contributed by atoms with van der Waals surface area (Å²) in [7, 11) is 0. The lowest BCUT2D eigenvalue weighted by atomic mass is 9.85. The van der Waals surface area contributed by atoms with E-state index in [2.05, 4.69) is 76.5 Å². The van der Waals surface area contributed by atoms with Crippen molar-refractivity contribution in [3.63, 3.8) is 0 Å². The molecule has 0 fully saturated rings. The number of nitrogens with one attached hydrogen (secondary N) is 1. The zero-order valence-corrected chi connectivity index (χ0v) is 14.6. The standard InChI is InChI=1S/C17H29N.C2H5N/c1-6-7-8-11-14(2)18-16-13-10-9-12-15(16)17(3,4)5;1-2-3/h9-10,12-14,18H,6-8,11H2,1-5H3;2H,1,3H2. The van der Waals surface area contributed by atoms with E-state index in [0.717, 1.165) is 0 Å². The monoisotopic (exact) mass is 290 g/mol. The molecule has 1 atom stereocenters. The van der Waals surface area contributed by atoms with Crippen LogP contribution >= 0.6 is 0 Å². The van der Waals surface area contributed by atoms with Gasteiger partial charge in [-0.2, -0.15) is 0 Å². The van der Waals surface area contributed by atoms with Gasteiger partial charge in [-0.15, -0.1) is 0 Å². The molecule has 2 nitrogen and oxygen atoms in total. The SMILES string of the molecule is C=CN.CCCCCC(C)Nc1ccccc1C(C)(C)C. The summed E-state index contributed by atoms with van der Waals surface area (Å²) >= 11 is 0. The maximum absolute atomic E-state index is 4.61. The van der Waals surface area contributed by atoms with Crippen LogP contribution in [-0.2, 0) is 5.41 Å². The minimum absolute atomic E-state index is 0.201. The van der Waals surface area contributed by atoms with Crippen LogP contribution in [0, 0.1) is 0 Å². The average Bonchev–Trinajstić information content (AvgIpc) is 2.39. The van der Waals surface area contributed by atoms with Gasteiger partial charge in [-0.05, 0) is 36.6 Å². The van der Waals surface area contributed by atoms with Crippen molar-refractivity contribution in [3.8, 4) is 0 Å². The second kappa shape index (κ2) is 10.3. The third-order valence-electron chi connectivity index (χ3n) is 3.38. The number of hydrogen-bond donors (Lipinski definition) is 2. The van der Waals surface area contributed by atoms with Gasteiger partial charge in [0.05, 0.1) is 0 Å². The molecule has 1 aromatic carbocycles. The Morgan fingerprint density at radius 1 is 1.24 bits per heavy atom. The third kappa shape index (κ3) is 8.44. The zero-order valence-electron chi connectivity index (χ0n) is 14.6. The van der Waals surface area contributed by atoms with Gasteiger partial charge in [0.15, 0.2) is 0 Å². The van der Waals surface area contributed by atoms with Crippen molar-refractivity contribution in [2.75, 3.05) is 5.32 Å². The highest BCUT2D eigenvalue weighted by molar-refractivity contribution is 5.54. The number of para-hydroxylation sites is 1. The van der Waals surface area contributed by atoms with Gasteiger partial charge in [-0.1, -0.05) is 71.7 Å². The lowest BCUT2D eigenvalue weighted by molar-refractivity contribution is 0.584. The molecule has 0 radical (unpaired) electrons. The second-order valence-corrected chi connectivity index (χ2v) is 6.57. The van der Waals surface area contributed by atoms with Crippen molar-refractivity contribution in [1.82, 2.24) is 0 Å². The predicted octanol–water partition coefficient (Wildman–Crippen LogP) is 5.45. The molecule has 21 heavy (non-hydrogen) atoms. The van der Waals surface area contributed by atoms with Crippen molar-refractivity contribution in [1.29, 1.82) is 0 Å². The van der Waals surface area contributed by atoms with Crippen LogP contribution in [0.15, 0.2) is 37.0 Å². The smallest absolute Gasteiger partial charge is 0.0380 e. The van der Waals surface area contributed by atoms with E-state index in [1.54, 1.807) is 0 Å². The van der Waals surface area contributed by atoms with Crippen LogP contribution in [0.2, 0.25) is 0 Å². The molecule has 0 amide bonds. The molecular weight excluding hydrogens is 256 g/mol. The van der Waals surface area contributed by atoms with Crippen LogP contribution in [0.4, 0.5) is 5.69 Å². The van der Waals surface area contributed by atoms with E-state index in [1.807, 2.05) is 0 Å². The molecule has 2 heteroatoms. The Balaban J connectivity index is 0.00000122. The van der Waals surface area contributed by atoms with Gasteiger partial charge in [0, 0.05) is 11.7 Å². The molecule has 120 valence electrons. The average molecular weight is 290 g/mol. The summed E-state index contributed by atoms with van der Waals surface area (Å²) in [5.41, 5.74) is 7.52. The molecule has 0 aliphatic rings. The molecule has 1 unspecified atom stereocenters. The maximum Gasteiger partial charge on any atom is 0.0380 e. The number of unbranched alkanes of at least 4 members (excludes halogenated alkanes) is 2. The second-order valence-electron chi connectivity index (χ2n) is 6.57. The minimum atomic E-state index is 0.201. The molecule has 0 spiro atoms. The number of anilines is 1. The van der Waals surface area contributed by atoms with E-state index >= 15 is 0 Å². The molecule has 0 aromatic heterocycles. The predicted molar refractivity (Wildman–Crippen MR) is 96.8 cm³/mol. The fraction of sp³-hybridized carbons (Fsp3) is 0.579. The first-order valence-electron chi connectivity index (χ1n) is 8.05. The summed E-state index contributed by atoms with van der Waals surface area (Å²) in [4.78, 5) is 0. The van der Waals surface area contributed by atoms with Crippen molar-refractivity contribution < 1.29 is 0 Å². The Bertz CT molecular complexity index is 391. The third-order valence-corrected chi connectivity index (χ3v) is 3.38. The zero-order chi connectivity index (χ0) is 16.3. The molecule has 0 saturated heterocycles. The first-order chi connectivity index (χ1) is 9.86. The van der Waals surface area contributed by atoms with Gasteiger partial charge in [-0.25, -0.2) is 0 Å². The van der Waals surface area contributed by atoms with Gasteiger partial charge >= 0.3 is 0 Å². The van der Waals surface area contributed by atoms with Crippen molar-refractivity contribution in [3.05, 3.63) is 42.6 Å².